The monoisotopic (exact) mass is 416 g/mol. The molecule has 1 aliphatic rings. The molecule has 9 heteroatoms. The van der Waals surface area contributed by atoms with Gasteiger partial charge in [-0.05, 0) is 31.5 Å². The molecule has 1 aliphatic heterocycles. The number of aliphatic hydroxyl groups excluding tert-OH is 1. The third kappa shape index (κ3) is 4.51. The zero-order valence-electron chi connectivity index (χ0n) is 16.5. The Morgan fingerprint density at radius 1 is 1.21 bits per heavy atom. The lowest BCUT2D eigenvalue weighted by Gasteiger charge is -2.37. The van der Waals surface area contributed by atoms with Gasteiger partial charge in [0.05, 0.1) is 19.0 Å². The largest absolute Gasteiger partial charge is 0.394 e. The summed E-state index contributed by atoms with van der Waals surface area (Å²) in [6.45, 7) is 6.11. The molecule has 29 heavy (non-hydrogen) atoms. The van der Waals surface area contributed by atoms with Crippen molar-refractivity contribution in [2.24, 2.45) is 0 Å². The van der Waals surface area contributed by atoms with E-state index in [4.69, 9.17) is 16.3 Å². The second-order valence-electron chi connectivity index (χ2n) is 7.56. The van der Waals surface area contributed by atoms with Gasteiger partial charge in [0.1, 0.15) is 12.6 Å². The van der Waals surface area contributed by atoms with Gasteiger partial charge in [0.25, 0.3) is 0 Å². The van der Waals surface area contributed by atoms with Gasteiger partial charge < -0.3 is 15.2 Å². The number of morpholine rings is 1. The summed E-state index contributed by atoms with van der Waals surface area (Å²) in [4.78, 5) is 15.5. The van der Waals surface area contributed by atoms with E-state index < -0.39 is 0 Å². The molecule has 3 aromatic rings. The standard InChI is InChI=1S/C20H25ClN6O2/c1-13(2)25-19-18-20(23-11-22-19)27(12-24-18)17-9-26(8-16(10-28)29-17)7-14-3-5-15(21)6-4-14/h3-6,11-13,16-17,28H,7-10H2,1-2H3,(H,22,23,25)/t16-,17+/m0/s1. The number of ether oxygens (including phenoxy) is 1. The van der Waals surface area contributed by atoms with Crippen LogP contribution in [0.4, 0.5) is 5.82 Å². The topological polar surface area (TPSA) is 88.3 Å². The maximum absolute atomic E-state index is 9.75. The summed E-state index contributed by atoms with van der Waals surface area (Å²) in [6, 6.07) is 8.05. The van der Waals surface area contributed by atoms with Crippen molar-refractivity contribution >= 4 is 28.6 Å². The van der Waals surface area contributed by atoms with Crippen molar-refractivity contribution in [1.29, 1.82) is 0 Å². The summed E-state index contributed by atoms with van der Waals surface area (Å²) in [5, 5.41) is 13.8. The minimum atomic E-state index is -0.306. The van der Waals surface area contributed by atoms with Crippen molar-refractivity contribution in [3.05, 3.63) is 47.5 Å². The molecule has 4 rings (SSSR count). The summed E-state index contributed by atoms with van der Waals surface area (Å²) < 4.78 is 8.04. The number of halogens is 1. The van der Waals surface area contributed by atoms with Crippen LogP contribution in [0, 0.1) is 0 Å². The fourth-order valence-electron chi connectivity index (χ4n) is 3.56. The summed E-state index contributed by atoms with van der Waals surface area (Å²) in [5.41, 5.74) is 2.58. The number of aliphatic hydroxyl groups is 1. The molecule has 8 nitrogen and oxygen atoms in total. The third-order valence-electron chi connectivity index (χ3n) is 4.84. The molecule has 3 heterocycles. The van der Waals surface area contributed by atoms with Crippen molar-refractivity contribution < 1.29 is 9.84 Å². The zero-order chi connectivity index (χ0) is 20.4. The van der Waals surface area contributed by atoms with Gasteiger partial charge in [0.2, 0.25) is 0 Å². The Morgan fingerprint density at radius 3 is 2.72 bits per heavy atom. The van der Waals surface area contributed by atoms with Crippen LogP contribution in [0.25, 0.3) is 11.2 Å². The SMILES string of the molecule is CC(C)Nc1ncnc2c1ncn2[C@H]1CN(Cc2ccc(Cl)cc2)C[C@@H](CO)O1. The smallest absolute Gasteiger partial charge is 0.167 e. The molecule has 1 aromatic carbocycles. The molecule has 0 saturated carbocycles. The molecule has 2 atom stereocenters. The first-order valence-corrected chi connectivity index (χ1v) is 10.1. The summed E-state index contributed by atoms with van der Waals surface area (Å²) in [6.07, 6.45) is 2.67. The van der Waals surface area contributed by atoms with Crippen LogP contribution in [0.1, 0.15) is 25.6 Å². The van der Waals surface area contributed by atoms with Gasteiger partial charge in [0, 0.05) is 30.7 Å². The van der Waals surface area contributed by atoms with Crippen LogP contribution in [0.2, 0.25) is 5.02 Å². The number of fused-ring (bicyclic) bond motifs is 1. The molecule has 0 spiro atoms. The molecule has 0 amide bonds. The number of nitrogens with zero attached hydrogens (tertiary/aromatic N) is 5. The maximum Gasteiger partial charge on any atom is 0.167 e. The molecule has 154 valence electrons. The Balaban J connectivity index is 1.59. The van der Waals surface area contributed by atoms with Gasteiger partial charge >= 0.3 is 0 Å². The van der Waals surface area contributed by atoms with E-state index in [9.17, 15) is 5.11 Å². The molecular weight excluding hydrogens is 392 g/mol. The van der Waals surface area contributed by atoms with E-state index in [-0.39, 0.29) is 25.0 Å². The summed E-state index contributed by atoms with van der Waals surface area (Å²) in [7, 11) is 0. The van der Waals surface area contributed by atoms with Crippen molar-refractivity contribution in [2.45, 2.75) is 38.8 Å². The number of hydrogen-bond acceptors (Lipinski definition) is 7. The van der Waals surface area contributed by atoms with Gasteiger partial charge in [-0.2, -0.15) is 0 Å². The second-order valence-corrected chi connectivity index (χ2v) is 8.00. The summed E-state index contributed by atoms with van der Waals surface area (Å²) >= 11 is 6.00. The Labute approximate surface area is 174 Å². The molecular formula is C20H25ClN6O2. The lowest BCUT2D eigenvalue weighted by molar-refractivity contribution is -0.135. The van der Waals surface area contributed by atoms with Crippen LogP contribution in [-0.2, 0) is 11.3 Å². The van der Waals surface area contributed by atoms with Gasteiger partial charge in [-0.25, -0.2) is 15.0 Å². The first-order valence-electron chi connectivity index (χ1n) is 9.70. The van der Waals surface area contributed by atoms with E-state index in [0.29, 0.717) is 30.1 Å². The molecule has 2 N–H and O–H groups in total. The molecule has 0 unspecified atom stereocenters. The van der Waals surface area contributed by atoms with Crippen molar-refractivity contribution in [3.8, 4) is 0 Å². The van der Waals surface area contributed by atoms with Gasteiger partial charge in [0.15, 0.2) is 17.0 Å². The number of aromatic nitrogens is 4. The number of rotatable bonds is 6. The predicted molar refractivity (Wildman–Crippen MR) is 112 cm³/mol. The van der Waals surface area contributed by atoms with E-state index in [0.717, 1.165) is 17.1 Å². The lowest BCUT2D eigenvalue weighted by atomic mass is 10.2. The normalized spacial score (nSPS) is 20.4. The summed E-state index contributed by atoms with van der Waals surface area (Å²) in [5.74, 6) is 0.705. The molecule has 0 bridgehead atoms. The zero-order valence-corrected chi connectivity index (χ0v) is 17.3. The van der Waals surface area contributed by atoms with Crippen molar-refractivity contribution in [1.82, 2.24) is 24.4 Å². The fourth-order valence-corrected chi connectivity index (χ4v) is 3.69. The van der Waals surface area contributed by atoms with Gasteiger partial charge in [-0.1, -0.05) is 23.7 Å². The first-order chi connectivity index (χ1) is 14.0. The van der Waals surface area contributed by atoms with Crippen molar-refractivity contribution in [2.75, 3.05) is 25.0 Å². The molecule has 0 radical (unpaired) electrons. The molecule has 1 fully saturated rings. The second kappa shape index (κ2) is 8.62. The van der Waals surface area contributed by atoms with E-state index in [1.54, 1.807) is 6.33 Å². The number of hydrogen-bond donors (Lipinski definition) is 2. The highest BCUT2D eigenvalue weighted by Crippen LogP contribution is 2.27. The van der Waals surface area contributed by atoms with E-state index in [2.05, 4.69) is 39.0 Å². The average Bonchev–Trinajstić information content (AvgIpc) is 3.14. The highest BCUT2D eigenvalue weighted by atomic mass is 35.5. The first kappa shape index (κ1) is 20.0. The van der Waals surface area contributed by atoms with Gasteiger partial charge in [-0.3, -0.25) is 9.47 Å². The maximum atomic E-state index is 9.75. The Morgan fingerprint density at radius 2 is 2.00 bits per heavy atom. The van der Waals surface area contributed by atoms with Crippen LogP contribution < -0.4 is 5.32 Å². The molecule has 1 saturated heterocycles. The van der Waals surface area contributed by atoms with Crippen molar-refractivity contribution in [3.63, 3.8) is 0 Å². The average molecular weight is 417 g/mol. The number of anilines is 1. The van der Waals surface area contributed by atoms with Crippen LogP contribution in [-0.4, -0.2) is 61.4 Å². The van der Waals surface area contributed by atoms with E-state index in [1.165, 1.54) is 6.33 Å². The Hall–Kier alpha value is -2.26. The fraction of sp³-hybridized carbons (Fsp3) is 0.450. The van der Waals surface area contributed by atoms with Crippen LogP contribution in [0.15, 0.2) is 36.9 Å². The minimum Gasteiger partial charge on any atom is -0.394 e. The Kier molecular flexibility index (Phi) is 5.96. The third-order valence-corrected chi connectivity index (χ3v) is 5.10. The van der Waals surface area contributed by atoms with E-state index in [1.807, 2.05) is 28.8 Å². The van der Waals surface area contributed by atoms with Gasteiger partial charge in [-0.15, -0.1) is 0 Å². The highest BCUT2D eigenvalue weighted by molar-refractivity contribution is 6.30. The lowest BCUT2D eigenvalue weighted by Crippen LogP contribution is -2.46. The molecule has 0 aliphatic carbocycles. The van der Waals surface area contributed by atoms with Crippen LogP contribution >= 0.6 is 11.6 Å². The quantitative estimate of drug-likeness (QED) is 0.638. The molecule has 2 aromatic heterocycles. The minimum absolute atomic E-state index is 0.0462. The van der Waals surface area contributed by atoms with E-state index >= 15 is 0 Å². The number of nitrogens with one attached hydrogen (secondary N) is 1. The van der Waals surface area contributed by atoms with Crippen LogP contribution in [0.3, 0.4) is 0 Å². The Bertz CT molecular complexity index is 961. The number of benzene rings is 1. The highest BCUT2D eigenvalue weighted by Gasteiger charge is 2.30. The van der Waals surface area contributed by atoms with Crippen LogP contribution in [0.5, 0.6) is 0 Å². The number of imidazole rings is 1. The predicted octanol–water partition coefficient (Wildman–Crippen LogP) is 2.69.